The van der Waals surface area contributed by atoms with Crippen LogP contribution in [-0.2, 0) is 13.2 Å². The molecule has 8 nitrogen and oxygen atoms in total. The third-order valence-electron chi connectivity index (χ3n) is 5.24. The van der Waals surface area contributed by atoms with Gasteiger partial charge in [0, 0.05) is 37.9 Å². The van der Waals surface area contributed by atoms with Crippen molar-refractivity contribution in [3.8, 4) is 11.4 Å². The first-order chi connectivity index (χ1) is 15.6. The minimum absolute atomic E-state index is 0.126. The molecule has 3 aromatic heterocycles. The highest BCUT2D eigenvalue weighted by Gasteiger charge is 2.32. The molecule has 0 aliphatic heterocycles. The van der Waals surface area contributed by atoms with Crippen LogP contribution < -0.4 is 10.5 Å². The van der Waals surface area contributed by atoms with E-state index in [0.717, 1.165) is 12.1 Å². The van der Waals surface area contributed by atoms with Crippen molar-refractivity contribution in [3.05, 3.63) is 69.6 Å². The number of anilines is 1. The maximum atomic E-state index is 13.4. The van der Waals surface area contributed by atoms with Crippen molar-refractivity contribution < 1.29 is 13.2 Å². The van der Waals surface area contributed by atoms with Gasteiger partial charge in [-0.1, -0.05) is 11.6 Å². The monoisotopic (exact) mass is 475 g/mol. The normalized spacial score (nSPS) is 12.7. The van der Waals surface area contributed by atoms with Crippen molar-refractivity contribution in [2.45, 2.75) is 19.1 Å². The Balaban J connectivity index is 1.83. The third kappa shape index (κ3) is 4.23. The first-order valence-corrected chi connectivity index (χ1v) is 10.1. The SMILES string of the molecule is CC(c1nccnc1-c1ccc(=O)n(C)n1)N(C)c1ncnc2c(Cl)cc(C(F)(F)F)cc12. The molecular formula is C21H17ClF3N7O. The topological polar surface area (TPSA) is 89.7 Å². The lowest BCUT2D eigenvalue weighted by atomic mass is 10.1. The smallest absolute Gasteiger partial charge is 0.351 e. The number of alkyl halides is 3. The van der Waals surface area contributed by atoms with Crippen LogP contribution in [0.2, 0.25) is 5.02 Å². The van der Waals surface area contributed by atoms with Gasteiger partial charge in [0.25, 0.3) is 5.56 Å². The molecule has 0 aliphatic rings. The van der Waals surface area contributed by atoms with Gasteiger partial charge in [0.15, 0.2) is 0 Å². The lowest BCUT2D eigenvalue weighted by molar-refractivity contribution is -0.137. The Labute approximate surface area is 190 Å². The molecule has 0 fully saturated rings. The van der Waals surface area contributed by atoms with Gasteiger partial charge >= 0.3 is 6.18 Å². The third-order valence-corrected chi connectivity index (χ3v) is 5.53. The average molecular weight is 476 g/mol. The Kier molecular flexibility index (Phi) is 5.75. The number of fused-ring (bicyclic) bond motifs is 1. The second kappa shape index (κ2) is 8.39. The van der Waals surface area contributed by atoms with Gasteiger partial charge in [0.2, 0.25) is 0 Å². The summed E-state index contributed by atoms with van der Waals surface area (Å²) in [4.78, 5) is 30.5. The van der Waals surface area contributed by atoms with E-state index in [-0.39, 0.29) is 27.3 Å². The molecule has 0 radical (unpaired) electrons. The van der Waals surface area contributed by atoms with Crippen LogP contribution in [0.25, 0.3) is 22.3 Å². The van der Waals surface area contributed by atoms with E-state index in [1.54, 1.807) is 18.9 Å². The Bertz CT molecular complexity index is 1410. The minimum Gasteiger partial charge on any atom is -0.351 e. The number of nitrogens with zero attached hydrogens (tertiary/aromatic N) is 7. The zero-order valence-corrected chi connectivity index (χ0v) is 18.4. The Morgan fingerprint density at radius 3 is 2.52 bits per heavy atom. The average Bonchev–Trinajstić information content (AvgIpc) is 2.79. The molecule has 0 saturated carbocycles. The van der Waals surface area contributed by atoms with Crippen molar-refractivity contribution in [1.82, 2.24) is 29.7 Å². The molecule has 4 rings (SSSR count). The van der Waals surface area contributed by atoms with E-state index in [9.17, 15) is 18.0 Å². The molecule has 12 heteroatoms. The second-order valence-electron chi connectivity index (χ2n) is 7.31. The molecule has 0 aliphatic carbocycles. The molecule has 1 atom stereocenters. The predicted octanol–water partition coefficient (Wildman–Crippen LogP) is 4.05. The van der Waals surface area contributed by atoms with E-state index in [1.807, 2.05) is 0 Å². The van der Waals surface area contributed by atoms with Gasteiger partial charge in [0.1, 0.15) is 23.5 Å². The van der Waals surface area contributed by atoms with Crippen LogP contribution in [0.1, 0.15) is 24.2 Å². The number of hydrogen-bond acceptors (Lipinski definition) is 7. The van der Waals surface area contributed by atoms with Crippen LogP contribution >= 0.6 is 11.6 Å². The Morgan fingerprint density at radius 1 is 1.09 bits per heavy atom. The fourth-order valence-corrected chi connectivity index (χ4v) is 3.67. The number of aromatic nitrogens is 6. The largest absolute Gasteiger partial charge is 0.416 e. The van der Waals surface area contributed by atoms with Crippen molar-refractivity contribution in [2.75, 3.05) is 11.9 Å². The predicted molar refractivity (Wildman–Crippen MR) is 117 cm³/mol. The molecule has 0 N–H and O–H groups in total. The summed E-state index contributed by atoms with van der Waals surface area (Å²) in [7, 11) is 3.19. The number of hydrogen-bond donors (Lipinski definition) is 0. The molecule has 1 unspecified atom stereocenters. The number of rotatable bonds is 4. The van der Waals surface area contributed by atoms with Gasteiger partial charge in [-0.25, -0.2) is 14.6 Å². The summed E-state index contributed by atoms with van der Waals surface area (Å²) in [5.41, 5.74) is 0.380. The summed E-state index contributed by atoms with van der Waals surface area (Å²) in [6.07, 6.45) is -0.343. The molecule has 1 aromatic carbocycles. The Morgan fingerprint density at radius 2 is 1.82 bits per heavy atom. The van der Waals surface area contributed by atoms with E-state index in [2.05, 4.69) is 25.0 Å². The second-order valence-corrected chi connectivity index (χ2v) is 7.71. The molecular weight excluding hydrogens is 459 g/mol. The van der Waals surface area contributed by atoms with E-state index >= 15 is 0 Å². The van der Waals surface area contributed by atoms with Gasteiger partial charge in [-0.2, -0.15) is 18.3 Å². The van der Waals surface area contributed by atoms with Gasteiger partial charge in [-0.3, -0.25) is 14.8 Å². The van der Waals surface area contributed by atoms with E-state index in [1.165, 1.54) is 42.6 Å². The fourth-order valence-electron chi connectivity index (χ4n) is 3.40. The quantitative estimate of drug-likeness (QED) is 0.440. The molecule has 0 saturated heterocycles. The van der Waals surface area contributed by atoms with Crippen LogP contribution in [-0.4, -0.2) is 36.8 Å². The summed E-state index contributed by atoms with van der Waals surface area (Å²) in [6, 6.07) is 4.24. The maximum Gasteiger partial charge on any atom is 0.416 e. The zero-order valence-electron chi connectivity index (χ0n) is 17.7. The van der Waals surface area contributed by atoms with E-state index in [4.69, 9.17) is 11.6 Å². The van der Waals surface area contributed by atoms with Crippen molar-refractivity contribution in [1.29, 1.82) is 0 Å². The van der Waals surface area contributed by atoms with Gasteiger partial charge in [-0.05, 0) is 25.1 Å². The first kappa shape index (κ1) is 22.6. The molecule has 4 aromatic rings. The van der Waals surface area contributed by atoms with Gasteiger partial charge in [0.05, 0.1) is 27.8 Å². The van der Waals surface area contributed by atoms with E-state index in [0.29, 0.717) is 17.1 Å². The van der Waals surface area contributed by atoms with Crippen molar-refractivity contribution in [2.24, 2.45) is 7.05 Å². The van der Waals surface area contributed by atoms with Crippen LogP contribution in [0.4, 0.5) is 19.0 Å². The van der Waals surface area contributed by atoms with Gasteiger partial charge in [-0.15, -0.1) is 0 Å². The summed E-state index contributed by atoms with van der Waals surface area (Å²) >= 11 is 6.11. The number of halogens is 4. The molecule has 3 heterocycles. The summed E-state index contributed by atoms with van der Waals surface area (Å²) < 4.78 is 41.4. The molecule has 33 heavy (non-hydrogen) atoms. The van der Waals surface area contributed by atoms with Crippen molar-refractivity contribution >= 4 is 28.3 Å². The minimum atomic E-state index is -4.58. The van der Waals surface area contributed by atoms with Crippen molar-refractivity contribution in [3.63, 3.8) is 0 Å². The fraction of sp³-hybridized carbons (Fsp3) is 0.238. The van der Waals surface area contributed by atoms with Crippen LogP contribution in [0.3, 0.4) is 0 Å². The molecule has 0 spiro atoms. The standard InChI is InChI=1S/C21H17ClF3N7O/c1-11(17-19(27-7-6-26-17)15-4-5-16(33)32(3)30-15)31(2)20-13-8-12(21(23,24)25)9-14(22)18(13)28-10-29-20/h4-11H,1-3H3. The van der Waals surface area contributed by atoms with Crippen LogP contribution in [0, 0.1) is 0 Å². The molecule has 170 valence electrons. The molecule has 0 bridgehead atoms. The highest BCUT2D eigenvalue weighted by atomic mass is 35.5. The van der Waals surface area contributed by atoms with E-state index < -0.39 is 17.8 Å². The van der Waals surface area contributed by atoms with Gasteiger partial charge < -0.3 is 4.90 Å². The zero-order chi connectivity index (χ0) is 23.9. The lowest BCUT2D eigenvalue weighted by Crippen LogP contribution is -2.25. The van der Waals surface area contributed by atoms with Crippen LogP contribution in [0.5, 0.6) is 0 Å². The molecule has 0 amide bonds. The summed E-state index contributed by atoms with van der Waals surface area (Å²) in [5.74, 6) is 0.241. The maximum absolute atomic E-state index is 13.4. The number of benzene rings is 1. The summed E-state index contributed by atoms with van der Waals surface area (Å²) in [5, 5.41) is 4.26. The van der Waals surface area contributed by atoms with Crippen LogP contribution in [0.15, 0.2) is 47.8 Å². The lowest BCUT2D eigenvalue weighted by Gasteiger charge is -2.27. The Hall–Kier alpha value is -3.60. The highest BCUT2D eigenvalue weighted by Crippen LogP contribution is 2.38. The summed E-state index contributed by atoms with van der Waals surface area (Å²) in [6.45, 7) is 1.80. The highest BCUT2D eigenvalue weighted by molar-refractivity contribution is 6.35. The number of aryl methyl sites for hydroxylation is 1. The first-order valence-electron chi connectivity index (χ1n) is 9.68.